The molecule has 0 aliphatic rings. The van der Waals surface area contributed by atoms with Crippen LogP contribution in [0.3, 0.4) is 0 Å². The number of benzene rings is 1. The van der Waals surface area contributed by atoms with E-state index in [0.29, 0.717) is 24.2 Å². The summed E-state index contributed by atoms with van der Waals surface area (Å²) in [5.41, 5.74) is 1.01. The summed E-state index contributed by atoms with van der Waals surface area (Å²) in [5.74, 6) is 1.20. The van der Waals surface area contributed by atoms with Gasteiger partial charge in [-0.15, -0.1) is 0 Å². The van der Waals surface area contributed by atoms with Crippen LogP contribution in [-0.4, -0.2) is 12.8 Å². The van der Waals surface area contributed by atoms with Gasteiger partial charge in [0, 0.05) is 0 Å². The quantitative estimate of drug-likeness (QED) is 0.586. The van der Waals surface area contributed by atoms with Crippen LogP contribution in [0.2, 0.25) is 0 Å². The number of carbonyl (C=O) groups excluding carboxylic acids is 1. The van der Waals surface area contributed by atoms with Crippen molar-refractivity contribution in [3.63, 3.8) is 0 Å². The first-order valence-corrected chi connectivity index (χ1v) is 5.94. The molecular weight excluding hydrogens is 216 g/mol. The second-order valence-corrected chi connectivity index (χ2v) is 4.75. The summed E-state index contributed by atoms with van der Waals surface area (Å²) in [6, 6.07) is 7.51. The van der Waals surface area contributed by atoms with E-state index in [9.17, 15) is 4.79 Å². The summed E-state index contributed by atoms with van der Waals surface area (Å²) in [5, 5.41) is 0. The molecule has 0 aliphatic carbocycles. The Kier molecular flexibility index (Phi) is 5.01. The minimum Gasteiger partial charge on any atom is -0.434 e. The van der Waals surface area contributed by atoms with Gasteiger partial charge in [-0.25, -0.2) is 4.79 Å². The van der Waals surface area contributed by atoms with Crippen molar-refractivity contribution in [1.29, 1.82) is 0 Å². The lowest BCUT2D eigenvalue weighted by Crippen LogP contribution is -2.15. The molecule has 0 saturated carbocycles. The van der Waals surface area contributed by atoms with Crippen LogP contribution >= 0.6 is 0 Å². The normalized spacial score (nSPS) is 10.7. The molecule has 0 spiro atoms. The van der Waals surface area contributed by atoms with E-state index in [4.69, 9.17) is 9.47 Å². The molecule has 3 heteroatoms. The second-order valence-electron chi connectivity index (χ2n) is 4.75. The minimum atomic E-state index is -0.633. The van der Waals surface area contributed by atoms with Crippen LogP contribution < -0.4 is 4.74 Å². The number of hydrogen-bond donors (Lipinski definition) is 0. The lowest BCUT2D eigenvalue weighted by Gasteiger charge is -2.12. The van der Waals surface area contributed by atoms with Gasteiger partial charge in [-0.1, -0.05) is 45.9 Å². The molecule has 0 heterocycles. The Bertz CT molecular complexity index is 369. The molecule has 0 N–H and O–H groups in total. The predicted octanol–water partition coefficient (Wildman–Crippen LogP) is 3.98. The third kappa shape index (κ3) is 4.47. The van der Waals surface area contributed by atoms with Crippen molar-refractivity contribution >= 4 is 6.16 Å². The number of carbonyl (C=O) groups is 1. The monoisotopic (exact) mass is 236 g/mol. The average Bonchev–Trinajstić information content (AvgIpc) is 2.27. The first-order chi connectivity index (χ1) is 8.00. The summed E-state index contributed by atoms with van der Waals surface area (Å²) in [4.78, 5) is 11.4. The number of para-hydroxylation sites is 1. The van der Waals surface area contributed by atoms with Crippen molar-refractivity contribution in [3.8, 4) is 5.75 Å². The number of rotatable bonds is 4. The maximum atomic E-state index is 11.4. The number of hydrogen-bond acceptors (Lipinski definition) is 3. The fraction of sp³-hybridized carbons (Fsp3) is 0.500. The Labute approximate surface area is 103 Å². The van der Waals surface area contributed by atoms with E-state index in [1.54, 1.807) is 6.07 Å². The maximum absolute atomic E-state index is 11.4. The van der Waals surface area contributed by atoms with Crippen LogP contribution in [0, 0.1) is 5.92 Å². The zero-order valence-corrected chi connectivity index (χ0v) is 10.9. The molecule has 1 aromatic rings. The molecule has 0 radical (unpaired) electrons. The van der Waals surface area contributed by atoms with Gasteiger partial charge in [-0.05, 0) is 23.5 Å². The molecule has 1 aromatic carbocycles. The molecule has 3 nitrogen and oxygen atoms in total. The fourth-order valence-electron chi connectivity index (χ4n) is 1.40. The molecule has 0 aromatic heterocycles. The van der Waals surface area contributed by atoms with E-state index in [2.05, 4.69) is 13.8 Å². The van der Waals surface area contributed by atoms with E-state index >= 15 is 0 Å². The highest BCUT2D eigenvalue weighted by Gasteiger charge is 2.12. The van der Waals surface area contributed by atoms with Gasteiger partial charge in [0.1, 0.15) is 5.75 Å². The summed E-state index contributed by atoms with van der Waals surface area (Å²) >= 11 is 0. The van der Waals surface area contributed by atoms with Crippen molar-refractivity contribution in [2.45, 2.75) is 33.6 Å². The van der Waals surface area contributed by atoms with Crippen LogP contribution in [0.5, 0.6) is 5.75 Å². The van der Waals surface area contributed by atoms with Crippen molar-refractivity contribution in [2.24, 2.45) is 5.92 Å². The van der Waals surface area contributed by atoms with Gasteiger partial charge in [-0.3, -0.25) is 0 Å². The predicted molar refractivity (Wildman–Crippen MR) is 67.3 cm³/mol. The molecule has 0 bridgehead atoms. The Morgan fingerprint density at radius 1 is 1.18 bits per heavy atom. The van der Waals surface area contributed by atoms with E-state index < -0.39 is 6.16 Å². The summed E-state index contributed by atoms with van der Waals surface area (Å²) in [6.07, 6.45) is -0.633. The minimum absolute atomic E-state index is 0.308. The van der Waals surface area contributed by atoms with E-state index in [1.165, 1.54) is 0 Å². The van der Waals surface area contributed by atoms with Crippen LogP contribution in [-0.2, 0) is 4.74 Å². The van der Waals surface area contributed by atoms with Gasteiger partial charge in [0.15, 0.2) is 0 Å². The molecule has 0 fully saturated rings. The number of ether oxygens (including phenoxy) is 2. The highest BCUT2D eigenvalue weighted by atomic mass is 16.7. The molecule has 0 amide bonds. The average molecular weight is 236 g/mol. The molecule has 94 valence electrons. The third-order valence-electron chi connectivity index (χ3n) is 2.27. The molecule has 17 heavy (non-hydrogen) atoms. The summed E-state index contributed by atoms with van der Waals surface area (Å²) < 4.78 is 10.2. The maximum Gasteiger partial charge on any atom is 0.513 e. The molecular formula is C14H20O3. The van der Waals surface area contributed by atoms with Gasteiger partial charge in [-0.2, -0.15) is 0 Å². The molecule has 0 unspecified atom stereocenters. The van der Waals surface area contributed by atoms with E-state index in [0.717, 1.165) is 5.56 Å². The first-order valence-electron chi connectivity index (χ1n) is 5.94. The van der Waals surface area contributed by atoms with E-state index in [1.807, 2.05) is 32.0 Å². The van der Waals surface area contributed by atoms with E-state index in [-0.39, 0.29) is 0 Å². The largest absolute Gasteiger partial charge is 0.513 e. The van der Waals surface area contributed by atoms with Gasteiger partial charge in [0.05, 0.1) is 6.61 Å². The highest BCUT2D eigenvalue weighted by molar-refractivity contribution is 5.64. The third-order valence-corrected chi connectivity index (χ3v) is 2.27. The van der Waals surface area contributed by atoms with Crippen LogP contribution in [0.15, 0.2) is 24.3 Å². The topological polar surface area (TPSA) is 35.5 Å². The molecule has 0 saturated heterocycles. The summed E-state index contributed by atoms with van der Waals surface area (Å²) in [6.45, 7) is 8.46. The Morgan fingerprint density at radius 2 is 1.82 bits per heavy atom. The Hall–Kier alpha value is -1.51. The van der Waals surface area contributed by atoms with Crippen LogP contribution in [0.4, 0.5) is 4.79 Å². The Balaban J connectivity index is 2.65. The SMILES string of the molecule is CC(C)COC(=O)Oc1ccccc1C(C)C. The zero-order chi connectivity index (χ0) is 12.8. The zero-order valence-electron chi connectivity index (χ0n) is 10.9. The smallest absolute Gasteiger partial charge is 0.434 e. The molecule has 0 atom stereocenters. The van der Waals surface area contributed by atoms with Crippen molar-refractivity contribution in [3.05, 3.63) is 29.8 Å². The highest BCUT2D eigenvalue weighted by Crippen LogP contribution is 2.26. The van der Waals surface area contributed by atoms with Crippen LogP contribution in [0.25, 0.3) is 0 Å². The van der Waals surface area contributed by atoms with Gasteiger partial charge >= 0.3 is 6.16 Å². The standard InChI is InChI=1S/C14H20O3/c1-10(2)9-16-14(15)17-13-8-6-5-7-12(13)11(3)4/h5-8,10-11H,9H2,1-4H3. The van der Waals surface area contributed by atoms with Crippen molar-refractivity contribution in [1.82, 2.24) is 0 Å². The summed E-state index contributed by atoms with van der Waals surface area (Å²) in [7, 11) is 0. The van der Waals surface area contributed by atoms with Crippen molar-refractivity contribution in [2.75, 3.05) is 6.61 Å². The fourth-order valence-corrected chi connectivity index (χ4v) is 1.40. The lowest BCUT2D eigenvalue weighted by atomic mass is 10.0. The first kappa shape index (κ1) is 13.6. The Morgan fingerprint density at radius 3 is 2.41 bits per heavy atom. The lowest BCUT2D eigenvalue weighted by molar-refractivity contribution is 0.0882. The second kappa shape index (κ2) is 6.28. The van der Waals surface area contributed by atoms with Gasteiger partial charge in [0.25, 0.3) is 0 Å². The van der Waals surface area contributed by atoms with Gasteiger partial charge in [0.2, 0.25) is 0 Å². The van der Waals surface area contributed by atoms with Crippen molar-refractivity contribution < 1.29 is 14.3 Å². The molecule has 1 rings (SSSR count). The van der Waals surface area contributed by atoms with Gasteiger partial charge < -0.3 is 9.47 Å². The van der Waals surface area contributed by atoms with Crippen LogP contribution in [0.1, 0.15) is 39.2 Å². The molecule has 0 aliphatic heterocycles.